The summed E-state index contributed by atoms with van der Waals surface area (Å²) in [5, 5.41) is 22.0. The largest absolute Gasteiger partial charge is 0.459 e. The van der Waals surface area contributed by atoms with Crippen LogP contribution in [0.15, 0.2) is 0 Å². The highest BCUT2D eigenvalue weighted by molar-refractivity contribution is 8.00. The molecule has 278 valence electrons. The number of hydrogen-bond acceptors (Lipinski definition) is 8. The fourth-order valence-electron chi connectivity index (χ4n) is 13.6. The predicted octanol–water partition coefficient (Wildman–Crippen LogP) is 5.38. The zero-order valence-corrected chi connectivity index (χ0v) is 30.9. The van der Waals surface area contributed by atoms with E-state index in [1.807, 2.05) is 11.8 Å². The normalized spacial score (nSPS) is 47.3. The molecule has 4 heterocycles. The Morgan fingerprint density at radius 3 is 2.12 bits per heavy atom. The molecular weight excluding hydrogens is 649 g/mol. The van der Waals surface area contributed by atoms with Crippen LogP contribution in [0.4, 0.5) is 0 Å². The smallest absolute Gasteiger partial charge is 0.324 e. The fourth-order valence-corrected chi connectivity index (χ4v) is 15.1. The molecule has 0 aromatic heterocycles. The first-order chi connectivity index (χ1) is 24.4. The van der Waals surface area contributed by atoms with Crippen LogP contribution in [0.5, 0.6) is 0 Å². The van der Waals surface area contributed by atoms with E-state index in [9.17, 15) is 9.90 Å². The minimum absolute atomic E-state index is 0.0154. The number of esters is 1. The second kappa shape index (κ2) is 14.1. The second-order valence-corrected chi connectivity index (χ2v) is 19.4. The van der Waals surface area contributed by atoms with Crippen molar-refractivity contribution in [2.45, 2.75) is 194 Å². The third-order valence-electron chi connectivity index (χ3n) is 15.6. The van der Waals surface area contributed by atoms with E-state index in [1.165, 1.54) is 51.4 Å². The van der Waals surface area contributed by atoms with Crippen LogP contribution < -0.4 is 16.0 Å². The number of ether oxygens (including phenoxy) is 1. The summed E-state index contributed by atoms with van der Waals surface area (Å²) in [6.07, 6.45) is 23.0. The maximum absolute atomic E-state index is 15.3. The number of amides is 2. The summed E-state index contributed by atoms with van der Waals surface area (Å²) >= 11 is 1.84. The van der Waals surface area contributed by atoms with E-state index in [0.717, 1.165) is 89.9 Å². The molecular formula is C40H62N4O5S. The highest BCUT2D eigenvalue weighted by Gasteiger charge is 2.77. The van der Waals surface area contributed by atoms with Crippen LogP contribution in [-0.4, -0.2) is 81.0 Å². The zero-order valence-electron chi connectivity index (χ0n) is 30.1. The van der Waals surface area contributed by atoms with Crippen molar-refractivity contribution in [1.82, 2.24) is 20.9 Å². The summed E-state index contributed by atoms with van der Waals surface area (Å²) in [4.78, 5) is 48.1. The van der Waals surface area contributed by atoms with E-state index >= 15 is 9.59 Å². The molecule has 5 aliphatic carbocycles. The number of nitrogens with one attached hydrogen (secondary N) is 3. The van der Waals surface area contributed by atoms with Crippen molar-refractivity contribution in [2.75, 3.05) is 0 Å². The van der Waals surface area contributed by atoms with Crippen molar-refractivity contribution in [3.8, 4) is 0 Å². The lowest BCUT2D eigenvalue weighted by Crippen LogP contribution is -2.66. The number of aliphatic hydroxyl groups excluding tert-OH is 1. The van der Waals surface area contributed by atoms with Crippen LogP contribution in [0.25, 0.3) is 0 Å². The molecule has 50 heavy (non-hydrogen) atoms. The Balaban J connectivity index is 1.18. The van der Waals surface area contributed by atoms with Gasteiger partial charge in [-0.25, -0.2) is 0 Å². The van der Waals surface area contributed by atoms with Crippen LogP contribution >= 0.6 is 11.8 Å². The van der Waals surface area contributed by atoms with Crippen molar-refractivity contribution < 1.29 is 24.2 Å². The number of carbonyl (C=O) groups is 3. The summed E-state index contributed by atoms with van der Waals surface area (Å²) in [5.41, 5.74) is -1.20. The Bertz CT molecular complexity index is 1270. The Kier molecular flexibility index (Phi) is 9.72. The van der Waals surface area contributed by atoms with Crippen molar-refractivity contribution >= 4 is 29.5 Å². The molecule has 4 aliphatic heterocycles. The predicted molar refractivity (Wildman–Crippen MR) is 193 cm³/mol. The lowest BCUT2D eigenvalue weighted by atomic mass is 9.56. The Labute approximate surface area is 303 Å². The number of rotatable bonds is 5. The number of carbonyl (C=O) groups excluding carboxylic acids is 3. The molecule has 4 N–H and O–H groups in total. The molecule has 0 aromatic rings. The number of aliphatic hydroxyl groups is 1. The first-order valence-electron chi connectivity index (χ1n) is 21.1. The van der Waals surface area contributed by atoms with Gasteiger partial charge in [0.25, 0.3) is 0 Å². The molecule has 4 saturated heterocycles. The van der Waals surface area contributed by atoms with Gasteiger partial charge in [0.15, 0.2) is 0 Å². The zero-order chi connectivity index (χ0) is 34.0. The van der Waals surface area contributed by atoms with E-state index in [-0.39, 0.29) is 65.5 Å². The Morgan fingerprint density at radius 1 is 0.760 bits per heavy atom. The van der Waals surface area contributed by atoms with E-state index in [1.54, 1.807) is 0 Å². The SMILES string of the molecule is O=C1O[C@@H](C2CCCCC2)[C@@H](C2CCCCC2)N2[C@@H](C3CCC(O)CC3)[C@]3(C(=O)NC4CCCCC43)[C@@H](C(=O)NC3NC4CCCCC4S3)[C@H]12. The van der Waals surface area contributed by atoms with E-state index in [4.69, 9.17) is 4.74 Å². The summed E-state index contributed by atoms with van der Waals surface area (Å²) in [7, 11) is 0. The van der Waals surface area contributed by atoms with Gasteiger partial charge < -0.3 is 20.5 Å². The minimum Gasteiger partial charge on any atom is -0.459 e. The highest BCUT2D eigenvalue weighted by atomic mass is 32.2. The lowest BCUT2D eigenvalue weighted by molar-refractivity contribution is -0.190. The van der Waals surface area contributed by atoms with Crippen molar-refractivity contribution in [2.24, 2.45) is 35.0 Å². The van der Waals surface area contributed by atoms with Gasteiger partial charge >= 0.3 is 5.97 Å². The van der Waals surface area contributed by atoms with Crippen LogP contribution in [0.1, 0.15) is 141 Å². The van der Waals surface area contributed by atoms with Gasteiger partial charge in [0.2, 0.25) is 11.8 Å². The van der Waals surface area contributed by atoms with Crippen LogP contribution in [0.3, 0.4) is 0 Å². The maximum Gasteiger partial charge on any atom is 0.324 e. The van der Waals surface area contributed by atoms with Crippen molar-refractivity contribution in [3.63, 3.8) is 0 Å². The number of morpholine rings is 1. The molecule has 5 saturated carbocycles. The van der Waals surface area contributed by atoms with E-state index in [2.05, 4.69) is 20.9 Å². The van der Waals surface area contributed by atoms with Gasteiger partial charge in [0.05, 0.1) is 23.5 Å². The molecule has 1 spiro atoms. The third kappa shape index (κ3) is 5.69. The maximum atomic E-state index is 15.3. The average molecular weight is 711 g/mol. The lowest BCUT2D eigenvalue weighted by Gasteiger charge is -2.54. The molecule has 0 radical (unpaired) electrons. The van der Waals surface area contributed by atoms with Gasteiger partial charge in [0, 0.05) is 23.4 Å². The molecule has 2 amide bonds. The van der Waals surface area contributed by atoms with Gasteiger partial charge in [0.1, 0.15) is 17.6 Å². The van der Waals surface area contributed by atoms with Crippen molar-refractivity contribution in [3.05, 3.63) is 0 Å². The fraction of sp³-hybridized carbons (Fsp3) is 0.925. The van der Waals surface area contributed by atoms with E-state index < -0.39 is 17.4 Å². The summed E-state index contributed by atoms with van der Waals surface area (Å²) < 4.78 is 6.81. The standard InChI is InChI=1S/C40H62N4O5S/c45-26-21-19-25(20-22-26)35-40(27-15-7-8-16-28(27)41-38(40)48)31(36(46)43-39-42-29-17-9-10-18-30(29)50-39)33-37(47)49-34(24-13-5-2-6-14-24)32(44(33)35)23-11-3-1-4-12-23/h23-35,39,42,45H,1-22H2,(H,41,48)(H,43,46)/t25?,26?,27?,28?,29?,30?,31-,32-,33-,34+,35+,39?,40-/m1/s1. The number of fused-ring (bicyclic) bond motifs is 4. The van der Waals surface area contributed by atoms with E-state index in [0.29, 0.717) is 23.1 Å². The summed E-state index contributed by atoms with van der Waals surface area (Å²) in [5.74, 6) is -0.257. The van der Waals surface area contributed by atoms with Crippen LogP contribution in [-0.2, 0) is 19.1 Å². The molecule has 9 fully saturated rings. The number of hydrogen-bond donors (Lipinski definition) is 4. The van der Waals surface area contributed by atoms with Gasteiger partial charge in [-0.1, -0.05) is 64.2 Å². The molecule has 9 aliphatic rings. The van der Waals surface area contributed by atoms with Gasteiger partial charge in [-0.3, -0.25) is 24.6 Å². The van der Waals surface area contributed by atoms with Crippen LogP contribution in [0.2, 0.25) is 0 Å². The van der Waals surface area contributed by atoms with Gasteiger partial charge in [-0.15, -0.1) is 11.8 Å². The quantitative estimate of drug-likeness (QED) is 0.281. The molecule has 9 nitrogen and oxygen atoms in total. The second-order valence-electron chi connectivity index (χ2n) is 18.1. The van der Waals surface area contributed by atoms with Crippen molar-refractivity contribution in [1.29, 1.82) is 0 Å². The molecule has 9 rings (SSSR count). The first-order valence-corrected chi connectivity index (χ1v) is 22.1. The Morgan fingerprint density at radius 2 is 1.40 bits per heavy atom. The number of thioether (sulfide) groups is 1. The molecule has 0 bridgehead atoms. The van der Waals surface area contributed by atoms with Gasteiger partial charge in [-0.2, -0.15) is 0 Å². The number of nitrogens with zero attached hydrogens (tertiary/aromatic N) is 1. The average Bonchev–Trinajstić information content (AvgIpc) is 3.79. The molecule has 10 heteroatoms. The molecule has 0 aromatic carbocycles. The molecule has 5 unspecified atom stereocenters. The highest BCUT2D eigenvalue weighted by Crippen LogP contribution is 2.63. The monoisotopic (exact) mass is 710 g/mol. The first kappa shape index (κ1) is 34.4. The topological polar surface area (TPSA) is 120 Å². The van der Waals surface area contributed by atoms with Crippen LogP contribution in [0, 0.1) is 35.0 Å². The summed E-state index contributed by atoms with van der Waals surface area (Å²) in [6.45, 7) is 0. The minimum atomic E-state index is -0.990. The number of cyclic esters (lactones) is 1. The summed E-state index contributed by atoms with van der Waals surface area (Å²) in [6, 6.07) is -0.478. The third-order valence-corrected chi connectivity index (χ3v) is 17.0. The molecule has 11 atom stereocenters. The Hall–Kier alpha value is -1.36. The van der Waals surface area contributed by atoms with Gasteiger partial charge in [-0.05, 0) is 101 Å².